The lowest BCUT2D eigenvalue weighted by Crippen LogP contribution is -3.16. The molecule has 1 amide bonds. The van der Waals surface area contributed by atoms with Gasteiger partial charge in [-0.3, -0.25) is 4.79 Å². The molecule has 2 aromatic rings. The fourth-order valence-electron chi connectivity index (χ4n) is 4.15. The Balaban J connectivity index is 1.41. The van der Waals surface area contributed by atoms with Crippen LogP contribution in [0.3, 0.4) is 0 Å². The van der Waals surface area contributed by atoms with Gasteiger partial charge < -0.3 is 24.8 Å². The molecule has 0 atom stereocenters. The number of ether oxygens (including phenoxy) is 1. The Bertz CT molecular complexity index is 834. The number of carbonyl (C=O) groups is 1. The van der Waals surface area contributed by atoms with Crippen LogP contribution in [0.4, 0.5) is 11.4 Å². The number of aryl methyl sites for hydroxylation is 1. The summed E-state index contributed by atoms with van der Waals surface area (Å²) in [5.74, 6) is 1.08. The number of piperazine rings is 1. The second-order valence-electron chi connectivity index (χ2n) is 8.08. The number of benzene rings is 2. The Hall–Kier alpha value is -2.73. The van der Waals surface area contributed by atoms with Crippen LogP contribution in [0, 0.1) is 6.92 Å². The summed E-state index contributed by atoms with van der Waals surface area (Å²) in [5.41, 5.74) is 3.63. The van der Waals surface area contributed by atoms with E-state index in [1.807, 2.05) is 19.1 Å². The minimum Gasteiger partial charge on any atom is -0.492 e. The Morgan fingerprint density at radius 1 is 1.13 bits per heavy atom. The van der Waals surface area contributed by atoms with E-state index in [0.717, 1.165) is 50.7 Å². The first-order valence-electron chi connectivity index (χ1n) is 11.5. The van der Waals surface area contributed by atoms with E-state index in [9.17, 15) is 4.79 Å². The number of quaternary nitrogens is 1. The molecule has 0 spiro atoms. The first-order valence-corrected chi connectivity index (χ1v) is 11.5. The summed E-state index contributed by atoms with van der Waals surface area (Å²) in [6.45, 7) is 13.7. The smallest absolute Gasteiger partial charge is 0.275 e. The standard InChI is InChI=1S/C25H36N4O2/c1-4-28(22-10-8-9-21(3)19-22)14-13-26-25(30)20-27-15-17-29(18-16-27)23-11-6-7-12-24(23)31-5-2/h6-12,19H,4-5,13-18,20H2,1-3H3,(H,26,30)/p+1. The van der Waals surface area contributed by atoms with Gasteiger partial charge in [0.2, 0.25) is 0 Å². The Kier molecular flexibility index (Phi) is 8.59. The first-order chi connectivity index (χ1) is 15.1. The van der Waals surface area contributed by atoms with Gasteiger partial charge in [-0.2, -0.15) is 0 Å². The third kappa shape index (κ3) is 6.62. The lowest BCUT2D eigenvalue weighted by atomic mass is 10.2. The van der Waals surface area contributed by atoms with Crippen molar-refractivity contribution in [1.29, 1.82) is 0 Å². The SMILES string of the molecule is CCOc1ccccc1N1CC[NH+](CC(=O)NCCN(CC)c2cccc(C)c2)CC1. The Morgan fingerprint density at radius 2 is 1.90 bits per heavy atom. The molecule has 0 radical (unpaired) electrons. The van der Waals surface area contributed by atoms with E-state index in [2.05, 4.69) is 65.4 Å². The molecule has 3 rings (SSSR count). The van der Waals surface area contributed by atoms with Crippen LogP contribution in [0.2, 0.25) is 0 Å². The van der Waals surface area contributed by atoms with Gasteiger partial charge in [0.25, 0.3) is 5.91 Å². The predicted octanol–water partition coefficient (Wildman–Crippen LogP) is 1.74. The van der Waals surface area contributed by atoms with Crippen molar-refractivity contribution in [2.75, 3.05) is 68.8 Å². The van der Waals surface area contributed by atoms with Crippen molar-refractivity contribution in [3.8, 4) is 5.75 Å². The van der Waals surface area contributed by atoms with Gasteiger partial charge in [0.1, 0.15) is 5.75 Å². The second-order valence-corrected chi connectivity index (χ2v) is 8.08. The van der Waals surface area contributed by atoms with Crippen LogP contribution in [0.5, 0.6) is 5.75 Å². The van der Waals surface area contributed by atoms with E-state index in [4.69, 9.17) is 4.74 Å². The number of likely N-dealkylation sites (N-methyl/N-ethyl adjacent to an activating group) is 1. The highest BCUT2D eigenvalue weighted by Crippen LogP contribution is 2.27. The van der Waals surface area contributed by atoms with Crippen LogP contribution in [0.1, 0.15) is 19.4 Å². The molecule has 6 nitrogen and oxygen atoms in total. The van der Waals surface area contributed by atoms with E-state index < -0.39 is 0 Å². The number of para-hydroxylation sites is 2. The zero-order valence-corrected chi connectivity index (χ0v) is 19.2. The number of amides is 1. The number of anilines is 2. The van der Waals surface area contributed by atoms with Gasteiger partial charge >= 0.3 is 0 Å². The minimum absolute atomic E-state index is 0.137. The maximum absolute atomic E-state index is 12.5. The van der Waals surface area contributed by atoms with Gasteiger partial charge in [0, 0.05) is 25.3 Å². The van der Waals surface area contributed by atoms with E-state index >= 15 is 0 Å². The fraction of sp³-hybridized carbons (Fsp3) is 0.480. The van der Waals surface area contributed by atoms with Gasteiger partial charge in [0.15, 0.2) is 6.54 Å². The van der Waals surface area contributed by atoms with Crippen LogP contribution in [-0.4, -0.2) is 64.9 Å². The minimum atomic E-state index is 0.137. The molecule has 6 heteroatoms. The third-order valence-electron chi connectivity index (χ3n) is 5.84. The average Bonchev–Trinajstić information content (AvgIpc) is 2.78. The number of hydrogen-bond donors (Lipinski definition) is 2. The summed E-state index contributed by atoms with van der Waals surface area (Å²) in [6.07, 6.45) is 0. The maximum Gasteiger partial charge on any atom is 0.275 e. The van der Waals surface area contributed by atoms with Crippen molar-refractivity contribution in [3.63, 3.8) is 0 Å². The summed E-state index contributed by atoms with van der Waals surface area (Å²) >= 11 is 0. The quantitative estimate of drug-likeness (QED) is 0.609. The van der Waals surface area contributed by atoms with E-state index in [0.29, 0.717) is 19.7 Å². The van der Waals surface area contributed by atoms with Gasteiger partial charge in [-0.15, -0.1) is 0 Å². The summed E-state index contributed by atoms with van der Waals surface area (Å²) in [7, 11) is 0. The number of rotatable bonds is 10. The molecule has 0 aromatic heterocycles. The summed E-state index contributed by atoms with van der Waals surface area (Å²) in [4.78, 5) is 18.5. The van der Waals surface area contributed by atoms with Gasteiger partial charge in [-0.25, -0.2) is 0 Å². The highest BCUT2D eigenvalue weighted by molar-refractivity contribution is 5.76. The van der Waals surface area contributed by atoms with Crippen LogP contribution < -0.4 is 24.8 Å². The molecule has 1 saturated heterocycles. The highest BCUT2D eigenvalue weighted by Gasteiger charge is 2.23. The lowest BCUT2D eigenvalue weighted by Gasteiger charge is -2.34. The second kappa shape index (κ2) is 11.6. The Labute approximate surface area is 186 Å². The van der Waals surface area contributed by atoms with E-state index in [-0.39, 0.29) is 5.91 Å². The molecule has 0 unspecified atom stereocenters. The molecule has 0 aliphatic carbocycles. The fourth-order valence-corrected chi connectivity index (χ4v) is 4.15. The number of hydrogen-bond acceptors (Lipinski definition) is 4. The molecule has 2 aromatic carbocycles. The van der Waals surface area contributed by atoms with Crippen LogP contribution in [-0.2, 0) is 4.79 Å². The molecule has 1 fully saturated rings. The van der Waals surface area contributed by atoms with Gasteiger partial charge in [-0.05, 0) is 50.6 Å². The zero-order valence-electron chi connectivity index (χ0n) is 19.2. The highest BCUT2D eigenvalue weighted by atomic mass is 16.5. The topological polar surface area (TPSA) is 49.3 Å². The zero-order chi connectivity index (χ0) is 22.1. The number of nitrogens with one attached hydrogen (secondary N) is 2. The van der Waals surface area contributed by atoms with Crippen molar-refractivity contribution in [3.05, 3.63) is 54.1 Å². The van der Waals surface area contributed by atoms with Crippen molar-refractivity contribution in [2.45, 2.75) is 20.8 Å². The van der Waals surface area contributed by atoms with Crippen molar-refractivity contribution < 1.29 is 14.4 Å². The number of carbonyl (C=O) groups excluding carboxylic acids is 1. The third-order valence-corrected chi connectivity index (χ3v) is 5.84. The largest absolute Gasteiger partial charge is 0.492 e. The molecular weight excluding hydrogens is 388 g/mol. The molecule has 31 heavy (non-hydrogen) atoms. The summed E-state index contributed by atoms with van der Waals surface area (Å²) in [6, 6.07) is 16.7. The van der Waals surface area contributed by atoms with Crippen LogP contribution in [0.25, 0.3) is 0 Å². The van der Waals surface area contributed by atoms with E-state index in [1.54, 1.807) is 0 Å². The maximum atomic E-state index is 12.5. The van der Waals surface area contributed by atoms with Crippen LogP contribution in [0.15, 0.2) is 48.5 Å². The van der Waals surface area contributed by atoms with Crippen LogP contribution >= 0.6 is 0 Å². The number of nitrogens with zero attached hydrogens (tertiary/aromatic N) is 2. The van der Waals surface area contributed by atoms with Crippen molar-refractivity contribution in [2.24, 2.45) is 0 Å². The molecular formula is C25H37N4O2+. The monoisotopic (exact) mass is 425 g/mol. The molecule has 0 saturated carbocycles. The molecule has 1 heterocycles. The van der Waals surface area contributed by atoms with E-state index in [1.165, 1.54) is 16.2 Å². The molecule has 0 bridgehead atoms. The van der Waals surface area contributed by atoms with Crippen molar-refractivity contribution in [1.82, 2.24) is 5.32 Å². The summed E-state index contributed by atoms with van der Waals surface area (Å²) in [5, 5.41) is 3.11. The van der Waals surface area contributed by atoms with Crippen molar-refractivity contribution >= 4 is 17.3 Å². The normalized spacial score (nSPS) is 14.4. The summed E-state index contributed by atoms with van der Waals surface area (Å²) < 4.78 is 5.78. The Morgan fingerprint density at radius 3 is 2.61 bits per heavy atom. The first kappa shape index (κ1) is 22.9. The molecule has 2 N–H and O–H groups in total. The molecule has 1 aliphatic heterocycles. The molecule has 168 valence electrons. The molecule has 1 aliphatic rings. The average molecular weight is 426 g/mol. The lowest BCUT2D eigenvalue weighted by molar-refractivity contribution is -0.892. The van der Waals surface area contributed by atoms with Gasteiger partial charge in [-0.1, -0.05) is 24.3 Å². The predicted molar refractivity (Wildman–Crippen MR) is 127 cm³/mol. The van der Waals surface area contributed by atoms with Gasteiger partial charge in [0.05, 0.1) is 38.5 Å².